The lowest BCUT2D eigenvalue weighted by Gasteiger charge is -2.37. The highest BCUT2D eigenvalue weighted by Crippen LogP contribution is 2.35. The third kappa shape index (κ3) is 2.97. The van der Waals surface area contributed by atoms with E-state index in [9.17, 15) is 5.11 Å². The number of halogens is 1. The van der Waals surface area contributed by atoms with Gasteiger partial charge in [0.1, 0.15) is 0 Å². The van der Waals surface area contributed by atoms with E-state index in [4.69, 9.17) is 0 Å². The van der Waals surface area contributed by atoms with Gasteiger partial charge in [-0.1, -0.05) is 27.7 Å². The topological polar surface area (TPSA) is 38.0 Å². The second-order valence-electron chi connectivity index (χ2n) is 6.08. The SMILES string of the molecule is CCc1nn(CC)c(CC(C)(O)C(C)(C)C)c1Br. The highest BCUT2D eigenvalue weighted by molar-refractivity contribution is 9.10. The van der Waals surface area contributed by atoms with Gasteiger partial charge in [-0.3, -0.25) is 4.68 Å². The minimum absolute atomic E-state index is 0.165. The van der Waals surface area contributed by atoms with Gasteiger partial charge in [-0.25, -0.2) is 0 Å². The van der Waals surface area contributed by atoms with Crippen LogP contribution in [0.3, 0.4) is 0 Å². The Hall–Kier alpha value is -0.350. The maximum Gasteiger partial charge on any atom is 0.0766 e. The van der Waals surface area contributed by atoms with E-state index in [1.54, 1.807) is 0 Å². The Labute approximate surface area is 119 Å². The Morgan fingerprint density at radius 1 is 1.22 bits per heavy atom. The second-order valence-corrected chi connectivity index (χ2v) is 6.87. The summed E-state index contributed by atoms with van der Waals surface area (Å²) >= 11 is 3.63. The fourth-order valence-electron chi connectivity index (χ4n) is 1.78. The molecule has 4 heteroatoms. The number of hydrogen-bond acceptors (Lipinski definition) is 2. The van der Waals surface area contributed by atoms with Crippen molar-refractivity contribution in [3.63, 3.8) is 0 Å². The van der Waals surface area contributed by atoms with E-state index >= 15 is 0 Å². The average Bonchev–Trinajstić information content (AvgIpc) is 2.54. The van der Waals surface area contributed by atoms with Crippen LogP contribution in [0.2, 0.25) is 0 Å². The van der Waals surface area contributed by atoms with Crippen LogP contribution in [-0.4, -0.2) is 20.5 Å². The first-order valence-electron chi connectivity index (χ1n) is 6.60. The summed E-state index contributed by atoms with van der Waals surface area (Å²) in [7, 11) is 0. The van der Waals surface area contributed by atoms with E-state index in [-0.39, 0.29) is 5.41 Å². The number of nitrogens with zero attached hydrogens (tertiary/aromatic N) is 2. The van der Waals surface area contributed by atoms with Crippen LogP contribution in [0.4, 0.5) is 0 Å². The quantitative estimate of drug-likeness (QED) is 0.922. The standard InChI is InChI=1S/C14H25BrN2O/c1-7-10-12(15)11(17(8-2)16-10)9-14(6,18)13(3,4)5/h18H,7-9H2,1-6H3. The molecule has 18 heavy (non-hydrogen) atoms. The molecule has 0 aliphatic heterocycles. The van der Waals surface area contributed by atoms with E-state index in [0.717, 1.165) is 28.8 Å². The van der Waals surface area contributed by atoms with Gasteiger partial charge in [-0.2, -0.15) is 5.10 Å². The van der Waals surface area contributed by atoms with Gasteiger partial charge in [0.2, 0.25) is 0 Å². The number of aromatic nitrogens is 2. The van der Waals surface area contributed by atoms with Crippen molar-refractivity contribution in [1.29, 1.82) is 0 Å². The van der Waals surface area contributed by atoms with E-state index in [1.165, 1.54) is 0 Å². The molecule has 1 rings (SSSR count). The molecule has 0 amide bonds. The minimum atomic E-state index is -0.756. The van der Waals surface area contributed by atoms with E-state index < -0.39 is 5.60 Å². The zero-order chi connectivity index (χ0) is 14.1. The van der Waals surface area contributed by atoms with E-state index in [0.29, 0.717) is 6.42 Å². The fraction of sp³-hybridized carbons (Fsp3) is 0.786. The molecular formula is C14H25BrN2O. The number of hydrogen-bond donors (Lipinski definition) is 1. The van der Waals surface area contributed by atoms with Gasteiger partial charge in [0.15, 0.2) is 0 Å². The summed E-state index contributed by atoms with van der Waals surface area (Å²) in [6.45, 7) is 13.1. The molecule has 0 aliphatic rings. The van der Waals surface area contributed by atoms with Crippen molar-refractivity contribution in [1.82, 2.24) is 9.78 Å². The maximum absolute atomic E-state index is 10.7. The molecule has 1 atom stereocenters. The van der Waals surface area contributed by atoms with Gasteiger partial charge in [0.25, 0.3) is 0 Å². The summed E-state index contributed by atoms with van der Waals surface area (Å²) in [5, 5.41) is 15.2. The molecule has 0 aliphatic carbocycles. The van der Waals surface area contributed by atoms with Crippen LogP contribution >= 0.6 is 15.9 Å². The van der Waals surface area contributed by atoms with Crippen molar-refractivity contribution in [2.24, 2.45) is 5.41 Å². The molecule has 1 unspecified atom stereocenters. The first-order valence-corrected chi connectivity index (χ1v) is 7.39. The first-order chi connectivity index (χ1) is 8.14. The van der Waals surface area contributed by atoms with Crippen LogP contribution < -0.4 is 0 Å². The van der Waals surface area contributed by atoms with E-state index in [1.807, 2.05) is 11.6 Å². The van der Waals surface area contributed by atoms with Crippen molar-refractivity contribution < 1.29 is 5.11 Å². The van der Waals surface area contributed by atoms with Gasteiger partial charge in [-0.05, 0) is 41.6 Å². The third-order valence-corrected chi connectivity index (χ3v) is 4.74. The number of aliphatic hydroxyl groups is 1. The number of aryl methyl sites for hydroxylation is 2. The lowest BCUT2D eigenvalue weighted by Crippen LogP contribution is -2.42. The molecule has 0 bridgehead atoms. The Balaban J connectivity index is 3.15. The van der Waals surface area contributed by atoms with Crippen LogP contribution in [0.25, 0.3) is 0 Å². The van der Waals surface area contributed by atoms with Gasteiger partial charge >= 0.3 is 0 Å². The summed E-state index contributed by atoms with van der Waals surface area (Å²) in [6.07, 6.45) is 1.51. The Bertz CT molecular complexity index is 416. The fourth-order valence-corrected chi connectivity index (χ4v) is 2.48. The monoisotopic (exact) mass is 316 g/mol. The summed E-state index contributed by atoms with van der Waals surface area (Å²) in [4.78, 5) is 0. The van der Waals surface area contributed by atoms with Crippen LogP contribution in [0, 0.1) is 5.41 Å². The van der Waals surface area contributed by atoms with Crippen molar-refractivity contribution >= 4 is 15.9 Å². The lowest BCUT2D eigenvalue weighted by molar-refractivity contribution is -0.0421. The first kappa shape index (κ1) is 15.7. The molecule has 1 heterocycles. The minimum Gasteiger partial charge on any atom is -0.389 e. The van der Waals surface area contributed by atoms with Crippen molar-refractivity contribution in [2.75, 3.05) is 0 Å². The summed E-state index contributed by atoms with van der Waals surface area (Å²) in [6, 6.07) is 0. The molecule has 0 saturated heterocycles. The van der Waals surface area contributed by atoms with Gasteiger partial charge in [0, 0.05) is 13.0 Å². The summed E-state index contributed by atoms with van der Waals surface area (Å²) < 4.78 is 3.04. The average molecular weight is 317 g/mol. The highest BCUT2D eigenvalue weighted by Gasteiger charge is 2.37. The van der Waals surface area contributed by atoms with Crippen LogP contribution in [0.5, 0.6) is 0 Å². The van der Waals surface area contributed by atoms with Gasteiger partial charge in [-0.15, -0.1) is 0 Å². The molecule has 3 nitrogen and oxygen atoms in total. The zero-order valence-corrected chi connectivity index (χ0v) is 13.9. The summed E-state index contributed by atoms with van der Waals surface area (Å²) in [5.74, 6) is 0. The van der Waals surface area contributed by atoms with Gasteiger partial charge in [0.05, 0.1) is 21.5 Å². The Morgan fingerprint density at radius 2 is 1.78 bits per heavy atom. The largest absolute Gasteiger partial charge is 0.389 e. The van der Waals surface area contributed by atoms with Crippen molar-refractivity contribution in [2.45, 2.75) is 66.5 Å². The normalized spacial score (nSPS) is 15.8. The lowest BCUT2D eigenvalue weighted by atomic mass is 9.75. The molecular weight excluding hydrogens is 292 g/mol. The predicted octanol–water partition coefficient (Wildman–Crippen LogP) is 3.57. The van der Waals surface area contributed by atoms with Crippen LogP contribution in [0.15, 0.2) is 4.47 Å². The van der Waals surface area contributed by atoms with Gasteiger partial charge < -0.3 is 5.11 Å². The van der Waals surface area contributed by atoms with Crippen molar-refractivity contribution in [3.8, 4) is 0 Å². The zero-order valence-electron chi connectivity index (χ0n) is 12.3. The molecule has 0 saturated carbocycles. The molecule has 0 radical (unpaired) electrons. The Kier molecular flexibility index (Phi) is 4.65. The smallest absolute Gasteiger partial charge is 0.0766 e. The van der Waals surface area contributed by atoms with Crippen molar-refractivity contribution in [3.05, 3.63) is 15.9 Å². The maximum atomic E-state index is 10.7. The van der Waals surface area contributed by atoms with Crippen LogP contribution in [-0.2, 0) is 19.4 Å². The van der Waals surface area contributed by atoms with Crippen LogP contribution in [0.1, 0.15) is 52.9 Å². The second kappa shape index (κ2) is 5.33. The molecule has 1 aromatic heterocycles. The molecule has 1 N–H and O–H groups in total. The molecule has 104 valence electrons. The molecule has 1 aromatic rings. The number of rotatable bonds is 4. The molecule has 0 fully saturated rings. The predicted molar refractivity (Wildman–Crippen MR) is 78.8 cm³/mol. The highest BCUT2D eigenvalue weighted by atomic mass is 79.9. The Morgan fingerprint density at radius 3 is 2.17 bits per heavy atom. The van der Waals surface area contributed by atoms with E-state index in [2.05, 4.69) is 55.6 Å². The third-order valence-electron chi connectivity index (χ3n) is 3.82. The summed E-state index contributed by atoms with van der Waals surface area (Å²) in [5.41, 5.74) is 1.24. The molecule has 0 aromatic carbocycles. The molecule has 0 spiro atoms.